The van der Waals surface area contributed by atoms with Gasteiger partial charge in [0.15, 0.2) is 9.84 Å². The lowest BCUT2D eigenvalue weighted by atomic mass is 10.2. The van der Waals surface area contributed by atoms with Gasteiger partial charge in [0.05, 0.1) is 22.9 Å². The normalized spacial score (nSPS) is 11.3. The summed E-state index contributed by atoms with van der Waals surface area (Å²) in [5, 5.41) is 0. The Bertz CT molecular complexity index is 700. The lowest BCUT2D eigenvalue weighted by Crippen LogP contribution is -2.12. The van der Waals surface area contributed by atoms with Gasteiger partial charge >= 0.3 is 0 Å². The van der Waals surface area contributed by atoms with Gasteiger partial charge in [0.25, 0.3) is 0 Å². The van der Waals surface area contributed by atoms with E-state index in [2.05, 4.69) is 4.98 Å². The van der Waals surface area contributed by atoms with E-state index >= 15 is 0 Å². The van der Waals surface area contributed by atoms with E-state index in [0.717, 1.165) is 5.56 Å². The Kier molecular flexibility index (Phi) is 4.80. The Morgan fingerprint density at radius 1 is 1.19 bits per heavy atom. The Morgan fingerprint density at radius 2 is 1.90 bits per heavy atom. The van der Waals surface area contributed by atoms with Crippen molar-refractivity contribution >= 4 is 15.5 Å². The third kappa shape index (κ3) is 3.95. The van der Waals surface area contributed by atoms with Gasteiger partial charge in [0.2, 0.25) is 0 Å². The number of benzene rings is 1. The lowest BCUT2D eigenvalue weighted by molar-refractivity contribution is 0.339. The zero-order chi connectivity index (χ0) is 15.3. The van der Waals surface area contributed by atoms with Crippen molar-refractivity contribution in [2.75, 3.05) is 18.1 Å². The second kappa shape index (κ2) is 6.58. The van der Waals surface area contributed by atoms with Crippen LogP contribution >= 0.6 is 0 Å². The number of ether oxygens (including phenoxy) is 1. The van der Waals surface area contributed by atoms with Gasteiger partial charge in [-0.3, -0.25) is 4.98 Å². The molecule has 0 amide bonds. The van der Waals surface area contributed by atoms with Crippen LogP contribution in [0.5, 0.6) is 5.75 Å². The van der Waals surface area contributed by atoms with Crippen molar-refractivity contribution in [2.45, 2.75) is 18.2 Å². The summed E-state index contributed by atoms with van der Waals surface area (Å²) in [5.74, 6) is 0.505. The maximum Gasteiger partial charge on any atom is 0.180 e. The largest absolute Gasteiger partial charge is 0.494 e. The minimum atomic E-state index is -3.46. The summed E-state index contributed by atoms with van der Waals surface area (Å²) < 4.78 is 30.2. The molecule has 0 atom stereocenters. The van der Waals surface area contributed by atoms with E-state index in [1.165, 1.54) is 6.07 Å². The number of nitrogen functional groups attached to an aromatic ring is 1. The Balaban J connectivity index is 2.21. The molecule has 0 radical (unpaired) electrons. The second-order valence-corrected chi connectivity index (χ2v) is 6.63. The number of nitrogens with two attached hydrogens (primary N) is 1. The minimum Gasteiger partial charge on any atom is -0.494 e. The van der Waals surface area contributed by atoms with Crippen LogP contribution < -0.4 is 10.5 Å². The molecular weight excluding hydrogens is 288 g/mol. The fraction of sp³-hybridized carbons (Fsp3) is 0.267. The number of nitrogens with zero attached hydrogens (tertiary/aromatic N) is 1. The maximum atomic E-state index is 12.4. The van der Waals surface area contributed by atoms with Crippen molar-refractivity contribution in [3.63, 3.8) is 0 Å². The van der Waals surface area contributed by atoms with E-state index in [0.29, 0.717) is 18.8 Å². The highest BCUT2D eigenvalue weighted by atomic mass is 32.2. The van der Waals surface area contributed by atoms with Crippen LogP contribution in [-0.4, -0.2) is 25.8 Å². The SMILES string of the molecule is CCOc1ccc(N)c(S(=O)(=O)CCc2ccncc2)c1. The van der Waals surface area contributed by atoms with Crippen LogP contribution in [-0.2, 0) is 16.3 Å². The van der Waals surface area contributed by atoms with Crippen LogP contribution in [0.15, 0.2) is 47.6 Å². The molecule has 112 valence electrons. The van der Waals surface area contributed by atoms with Crippen LogP contribution in [0, 0.1) is 0 Å². The van der Waals surface area contributed by atoms with Crippen LogP contribution in [0.25, 0.3) is 0 Å². The molecule has 1 aromatic heterocycles. The van der Waals surface area contributed by atoms with Gasteiger partial charge in [-0.15, -0.1) is 0 Å². The van der Waals surface area contributed by atoms with Crippen LogP contribution in [0.3, 0.4) is 0 Å². The van der Waals surface area contributed by atoms with Gasteiger partial charge in [0.1, 0.15) is 5.75 Å². The number of hydrogen-bond donors (Lipinski definition) is 1. The number of pyridine rings is 1. The molecule has 2 N–H and O–H groups in total. The summed E-state index contributed by atoms with van der Waals surface area (Å²) in [6.45, 7) is 2.31. The summed E-state index contributed by atoms with van der Waals surface area (Å²) in [6.07, 6.45) is 3.71. The summed E-state index contributed by atoms with van der Waals surface area (Å²) in [7, 11) is -3.46. The van der Waals surface area contributed by atoms with E-state index in [1.54, 1.807) is 36.7 Å². The zero-order valence-corrected chi connectivity index (χ0v) is 12.6. The van der Waals surface area contributed by atoms with Crippen molar-refractivity contribution < 1.29 is 13.2 Å². The maximum absolute atomic E-state index is 12.4. The molecule has 0 fully saturated rings. The Hall–Kier alpha value is -2.08. The first-order chi connectivity index (χ1) is 10.0. The summed E-state index contributed by atoms with van der Waals surface area (Å²) in [5.41, 5.74) is 6.96. The highest BCUT2D eigenvalue weighted by Gasteiger charge is 2.18. The minimum absolute atomic E-state index is 0.00318. The first kappa shape index (κ1) is 15.3. The molecule has 0 unspecified atom stereocenters. The van der Waals surface area contributed by atoms with Crippen LogP contribution in [0.4, 0.5) is 5.69 Å². The van der Waals surface area contributed by atoms with Gasteiger partial charge in [-0.05, 0) is 43.2 Å². The molecule has 0 saturated heterocycles. The zero-order valence-electron chi connectivity index (χ0n) is 11.8. The number of anilines is 1. The molecule has 0 aliphatic carbocycles. The van der Waals surface area contributed by atoms with E-state index in [4.69, 9.17) is 10.5 Å². The van der Waals surface area contributed by atoms with Crippen molar-refractivity contribution in [3.05, 3.63) is 48.3 Å². The Morgan fingerprint density at radius 3 is 2.57 bits per heavy atom. The van der Waals surface area contributed by atoms with Crippen molar-refractivity contribution in [2.24, 2.45) is 0 Å². The fourth-order valence-corrected chi connectivity index (χ4v) is 3.40. The number of sulfone groups is 1. The average Bonchev–Trinajstić information content (AvgIpc) is 2.48. The molecule has 1 heterocycles. The molecule has 2 rings (SSSR count). The van der Waals surface area contributed by atoms with Gasteiger partial charge in [-0.2, -0.15) is 0 Å². The molecule has 2 aromatic rings. The quantitative estimate of drug-likeness (QED) is 0.826. The topological polar surface area (TPSA) is 82.3 Å². The summed E-state index contributed by atoms with van der Waals surface area (Å²) in [6, 6.07) is 8.32. The van der Waals surface area contributed by atoms with Crippen LogP contribution in [0.2, 0.25) is 0 Å². The smallest absolute Gasteiger partial charge is 0.180 e. The molecule has 6 heteroatoms. The number of aryl methyl sites for hydroxylation is 1. The van der Waals surface area contributed by atoms with E-state index < -0.39 is 9.84 Å². The van der Waals surface area contributed by atoms with E-state index in [1.807, 2.05) is 6.92 Å². The van der Waals surface area contributed by atoms with Gasteiger partial charge in [-0.25, -0.2) is 8.42 Å². The molecule has 1 aromatic carbocycles. The molecule has 0 aliphatic heterocycles. The van der Waals surface area contributed by atoms with Gasteiger partial charge in [-0.1, -0.05) is 0 Å². The number of aromatic nitrogens is 1. The lowest BCUT2D eigenvalue weighted by Gasteiger charge is -2.10. The molecule has 0 bridgehead atoms. The highest BCUT2D eigenvalue weighted by molar-refractivity contribution is 7.91. The standard InChI is InChI=1S/C15H18N2O3S/c1-2-20-13-3-4-14(16)15(11-13)21(18,19)10-7-12-5-8-17-9-6-12/h3-6,8-9,11H,2,7,10,16H2,1H3. The number of rotatable bonds is 6. The van der Waals surface area contributed by atoms with Gasteiger partial charge < -0.3 is 10.5 Å². The second-order valence-electron chi connectivity index (χ2n) is 4.56. The monoisotopic (exact) mass is 306 g/mol. The predicted octanol–water partition coefficient (Wildman–Crippen LogP) is 2.08. The number of hydrogen-bond acceptors (Lipinski definition) is 5. The van der Waals surface area contributed by atoms with Crippen molar-refractivity contribution in [1.29, 1.82) is 0 Å². The third-order valence-electron chi connectivity index (χ3n) is 3.04. The predicted molar refractivity (Wildman–Crippen MR) is 82.0 cm³/mol. The first-order valence-electron chi connectivity index (χ1n) is 6.67. The fourth-order valence-electron chi connectivity index (χ4n) is 1.95. The van der Waals surface area contributed by atoms with Crippen LogP contribution in [0.1, 0.15) is 12.5 Å². The molecule has 0 aliphatic rings. The van der Waals surface area contributed by atoms with Crippen molar-refractivity contribution in [1.82, 2.24) is 4.98 Å². The first-order valence-corrected chi connectivity index (χ1v) is 8.32. The molecule has 0 spiro atoms. The molecule has 5 nitrogen and oxygen atoms in total. The van der Waals surface area contributed by atoms with E-state index in [-0.39, 0.29) is 16.3 Å². The summed E-state index contributed by atoms with van der Waals surface area (Å²) in [4.78, 5) is 4.04. The van der Waals surface area contributed by atoms with E-state index in [9.17, 15) is 8.42 Å². The molecule has 21 heavy (non-hydrogen) atoms. The third-order valence-corrected chi connectivity index (χ3v) is 4.81. The highest BCUT2D eigenvalue weighted by Crippen LogP contribution is 2.25. The molecular formula is C15H18N2O3S. The molecule has 0 saturated carbocycles. The van der Waals surface area contributed by atoms with Crippen molar-refractivity contribution in [3.8, 4) is 5.75 Å². The Labute approximate surface area is 124 Å². The van der Waals surface area contributed by atoms with Gasteiger partial charge in [0, 0.05) is 18.5 Å². The summed E-state index contributed by atoms with van der Waals surface area (Å²) >= 11 is 0. The average molecular weight is 306 g/mol.